The minimum Gasteiger partial charge on any atom is -0.480 e. The molecule has 2 fully saturated rings. The van der Waals surface area contributed by atoms with Crippen molar-refractivity contribution in [3.05, 3.63) is 60.0 Å². The normalized spacial score (nSPS) is 21.9. The largest absolute Gasteiger partial charge is 0.480 e. The number of nitrogens with zero attached hydrogens (tertiary/aromatic N) is 7. The van der Waals surface area contributed by atoms with E-state index < -0.39 is 5.60 Å². The van der Waals surface area contributed by atoms with Crippen molar-refractivity contribution in [2.45, 2.75) is 56.8 Å². The van der Waals surface area contributed by atoms with Crippen LogP contribution >= 0.6 is 0 Å². The van der Waals surface area contributed by atoms with Crippen molar-refractivity contribution in [2.75, 3.05) is 36.0 Å². The van der Waals surface area contributed by atoms with Crippen molar-refractivity contribution >= 4 is 34.2 Å². The number of hydrogen-bond acceptors (Lipinski definition) is 9. The Morgan fingerprint density at radius 2 is 1.88 bits per heavy atom. The Balaban J connectivity index is 1.13. The predicted octanol–water partition coefficient (Wildman–Crippen LogP) is 4.80. The highest BCUT2D eigenvalue weighted by molar-refractivity contribution is 6.09. The molecule has 0 aliphatic carbocycles. The number of benzene rings is 1. The number of rotatable bonds is 3. The molecule has 0 bridgehead atoms. The van der Waals surface area contributed by atoms with Crippen LogP contribution in [0.3, 0.4) is 0 Å². The van der Waals surface area contributed by atoms with Crippen LogP contribution in [0.2, 0.25) is 0 Å². The maximum Gasteiger partial charge on any atom is 0.183 e. The Morgan fingerprint density at radius 1 is 0.975 bits per heavy atom. The van der Waals surface area contributed by atoms with Gasteiger partial charge >= 0.3 is 0 Å². The number of piperidine rings is 1. The first-order valence-corrected chi connectivity index (χ1v) is 14.4. The minimum absolute atomic E-state index is 0.150. The van der Waals surface area contributed by atoms with Crippen LogP contribution in [-0.4, -0.2) is 62.3 Å². The molecule has 0 amide bonds. The zero-order chi connectivity index (χ0) is 26.7. The van der Waals surface area contributed by atoms with Crippen LogP contribution in [-0.2, 0) is 11.2 Å². The zero-order valence-corrected chi connectivity index (χ0v) is 22.4. The van der Waals surface area contributed by atoms with E-state index >= 15 is 0 Å². The Morgan fingerprint density at radius 3 is 2.73 bits per heavy atom. The molecule has 4 aliphatic heterocycles. The molecule has 1 aromatic carbocycles. The van der Waals surface area contributed by atoms with Crippen molar-refractivity contribution in [1.29, 1.82) is 5.41 Å². The Hall–Kier alpha value is -4.05. The molecule has 0 radical (unpaired) electrons. The van der Waals surface area contributed by atoms with E-state index in [1.165, 1.54) is 0 Å². The summed E-state index contributed by atoms with van der Waals surface area (Å²) in [4.78, 5) is 19.3. The van der Waals surface area contributed by atoms with Crippen LogP contribution in [0.25, 0.3) is 11.2 Å². The molecule has 7 heterocycles. The highest BCUT2D eigenvalue weighted by atomic mass is 16.5. The van der Waals surface area contributed by atoms with E-state index in [-0.39, 0.29) is 6.23 Å². The molecule has 10 nitrogen and oxygen atoms in total. The van der Waals surface area contributed by atoms with Crippen LogP contribution in [0.1, 0.15) is 56.0 Å². The second-order valence-corrected chi connectivity index (χ2v) is 11.2. The third kappa shape index (κ3) is 3.69. The first-order chi connectivity index (χ1) is 19.7. The van der Waals surface area contributed by atoms with E-state index in [9.17, 15) is 0 Å². The Kier molecular flexibility index (Phi) is 5.51. The smallest absolute Gasteiger partial charge is 0.183 e. The number of aryl methyl sites for hydroxylation is 1. The summed E-state index contributed by atoms with van der Waals surface area (Å²) in [5.41, 5.74) is 4.69. The monoisotopic (exact) mass is 536 g/mol. The van der Waals surface area contributed by atoms with Gasteiger partial charge in [-0.1, -0.05) is 12.1 Å². The lowest BCUT2D eigenvalue weighted by Gasteiger charge is -2.39. The van der Waals surface area contributed by atoms with E-state index in [1.54, 1.807) is 0 Å². The van der Waals surface area contributed by atoms with Gasteiger partial charge in [-0.25, -0.2) is 14.6 Å². The number of fused-ring (bicyclic) bond motifs is 3. The lowest BCUT2D eigenvalue weighted by atomic mass is 9.85. The second-order valence-electron chi connectivity index (χ2n) is 11.2. The van der Waals surface area contributed by atoms with Crippen LogP contribution < -0.4 is 14.5 Å². The quantitative estimate of drug-likeness (QED) is 0.398. The van der Waals surface area contributed by atoms with Gasteiger partial charge in [0.15, 0.2) is 28.8 Å². The van der Waals surface area contributed by atoms with Crippen LogP contribution in [0.15, 0.2) is 48.8 Å². The summed E-state index contributed by atoms with van der Waals surface area (Å²) in [6, 6.07) is 12.0. The van der Waals surface area contributed by atoms with Gasteiger partial charge in [0, 0.05) is 50.8 Å². The third-order valence-corrected chi connectivity index (χ3v) is 8.82. The van der Waals surface area contributed by atoms with Gasteiger partial charge < -0.3 is 24.7 Å². The van der Waals surface area contributed by atoms with Gasteiger partial charge in [0.05, 0.1) is 23.3 Å². The summed E-state index contributed by atoms with van der Waals surface area (Å²) in [5.74, 6) is 2.47. The van der Waals surface area contributed by atoms with Gasteiger partial charge in [-0.15, -0.1) is 5.10 Å². The fraction of sp³-hybridized carbons (Fsp3) is 0.433. The molecule has 10 heteroatoms. The van der Waals surface area contributed by atoms with Crippen molar-refractivity contribution in [2.24, 2.45) is 0 Å². The molecule has 1 atom stereocenters. The summed E-state index contributed by atoms with van der Waals surface area (Å²) >= 11 is 0. The summed E-state index contributed by atoms with van der Waals surface area (Å²) in [6.07, 6.45) is 10.1. The van der Waals surface area contributed by atoms with Gasteiger partial charge in [-0.05, 0) is 56.4 Å². The molecule has 4 aliphatic rings. The molecule has 8 rings (SSSR count). The fourth-order valence-corrected chi connectivity index (χ4v) is 6.67. The van der Waals surface area contributed by atoms with E-state index in [2.05, 4.69) is 20.9 Å². The summed E-state index contributed by atoms with van der Waals surface area (Å²) in [6.45, 7) is 3.07. The highest BCUT2D eigenvalue weighted by Gasteiger charge is 2.47. The zero-order valence-electron chi connectivity index (χ0n) is 22.4. The van der Waals surface area contributed by atoms with E-state index in [0.29, 0.717) is 5.71 Å². The van der Waals surface area contributed by atoms with Gasteiger partial charge in [0.1, 0.15) is 11.6 Å². The van der Waals surface area contributed by atoms with Gasteiger partial charge in [-0.3, -0.25) is 4.98 Å². The van der Waals surface area contributed by atoms with E-state index in [0.717, 1.165) is 117 Å². The maximum atomic E-state index is 8.84. The van der Waals surface area contributed by atoms with Crippen molar-refractivity contribution in [3.63, 3.8) is 0 Å². The molecule has 1 N–H and O–H groups in total. The first-order valence-electron chi connectivity index (χ1n) is 14.4. The second kappa shape index (κ2) is 9.26. The van der Waals surface area contributed by atoms with Crippen molar-refractivity contribution in [3.8, 4) is 5.75 Å². The number of hydrogen-bond donors (Lipinski definition) is 1. The average molecular weight is 537 g/mol. The number of nitrogens with one attached hydrogen (secondary N) is 1. The number of pyridine rings is 1. The summed E-state index contributed by atoms with van der Waals surface area (Å²) in [5, 5.41) is 13.9. The number of para-hydroxylation sites is 1. The van der Waals surface area contributed by atoms with Crippen LogP contribution in [0.4, 0.5) is 17.3 Å². The molecule has 4 aromatic rings. The van der Waals surface area contributed by atoms with Crippen LogP contribution in [0.5, 0.6) is 5.75 Å². The number of ether oxygens (including phenoxy) is 2. The van der Waals surface area contributed by atoms with Crippen molar-refractivity contribution in [1.82, 2.24) is 24.7 Å². The predicted molar refractivity (Wildman–Crippen MR) is 152 cm³/mol. The van der Waals surface area contributed by atoms with E-state index in [4.69, 9.17) is 29.9 Å². The SMILES string of the molecule is N=C1c2ccccc2OC12CCN(c1cnc3c(N4CCCc5ncccc54)nn(C4CCCCO4)c3n1)CC2. The summed E-state index contributed by atoms with van der Waals surface area (Å²) < 4.78 is 14.5. The molecular weight excluding hydrogens is 504 g/mol. The topological polar surface area (TPSA) is 105 Å². The standard InChI is InChI=1S/C30H32N8O2/c31-27-20-7-1-2-10-23(20)40-30(27)12-16-36(17-13-30)24-19-33-26-28(34-24)38(25-11-3-4-18-39-25)35-29(26)37-15-6-8-21-22(37)9-5-14-32-21/h1-2,5,7,9-10,14,19,25,31H,3-4,6,8,11-13,15-18H2. The molecule has 3 aromatic heterocycles. The molecular formula is C30H32N8O2. The van der Waals surface area contributed by atoms with Gasteiger partial charge in [0.2, 0.25) is 0 Å². The Labute approximate surface area is 232 Å². The summed E-state index contributed by atoms with van der Waals surface area (Å²) in [7, 11) is 0. The highest BCUT2D eigenvalue weighted by Crippen LogP contribution is 2.42. The molecule has 0 saturated carbocycles. The molecule has 1 spiro atoms. The van der Waals surface area contributed by atoms with Gasteiger partial charge in [-0.2, -0.15) is 0 Å². The molecule has 1 unspecified atom stereocenters. The average Bonchev–Trinajstić information content (AvgIpc) is 3.52. The lowest BCUT2D eigenvalue weighted by molar-refractivity contribution is -0.0368. The maximum absolute atomic E-state index is 8.84. The van der Waals surface area contributed by atoms with Crippen molar-refractivity contribution < 1.29 is 9.47 Å². The third-order valence-electron chi connectivity index (χ3n) is 8.82. The molecule has 2 saturated heterocycles. The number of aromatic nitrogens is 5. The van der Waals surface area contributed by atoms with E-state index in [1.807, 2.05) is 47.4 Å². The van der Waals surface area contributed by atoms with Crippen LogP contribution in [0, 0.1) is 5.41 Å². The molecule has 40 heavy (non-hydrogen) atoms. The first kappa shape index (κ1) is 23.8. The minimum atomic E-state index is -0.557. The Bertz CT molecular complexity index is 1600. The fourth-order valence-electron chi connectivity index (χ4n) is 6.67. The number of anilines is 3. The lowest BCUT2D eigenvalue weighted by Crippen LogP contribution is -2.50. The molecule has 204 valence electrons. The van der Waals surface area contributed by atoms with Gasteiger partial charge in [0.25, 0.3) is 0 Å².